The molecule has 0 radical (unpaired) electrons. The lowest BCUT2D eigenvalue weighted by atomic mass is 9.84. The van der Waals surface area contributed by atoms with E-state index in [1.807, 2.05) is 47.4 Å². The topological polar surface area (TPSA) is 49.4 Å². The summed E-state index contributed by atoms with van der Waals surface area (Å²) in [5.74, 6) is 1.22. The first-order valence-corrected chi connectivity index (χ1v) is 12.0. The number of nitrogens with one attached hydrogen (secondary N) is 1. The third-order valence-corrected chi connectivity index (χ3v) is 7.49. The van der Waals surface area contributed by atoms with Crippen molar-refractivity contribution in [3.05, 3.63) is 59.7 Å². The predicted molar refractivity (Wildman–Crippen MR) is 123 cm³/mol. The Kier molecular flexibility index (Phi) is 6.78. The van der Waals surface area contributed by atoms with Gasteiger partial charge in [-0.05, 0) is 61.8 Å². The Balaban J connectivity index is 1.37. The summed E-state index contributed by atoms with van der Waals surface area (Å²) < 4.78 is 0. The molecule has 30 heavy (non-hydrogen) atoms. The second-order valence-electron chi connectivity index (χ2n) is 8.31. The van der Waals surface area contributed by atoms with Crippen LogP contribution in [0.1, 0.15) is 54.9 Å². The van der Waals surface area contributed by atoms with E-state index in [1.54, 1.807) is 0 Å². The van der Waals surface area contributed by atoms with Crippen LogP contribution < -0.4 is 10.2 Å². The van der Waals surface area contributed by atoms with Crippen molar-refractivity contribution in [2.24, 2.45) is 5.92 Å². The standard InChI is InChI=1S/C25H30N2O2S/c1-2-18-11-13-20(14-12-18)26-25(29)21-8-4-6-10-23(21)30-17-24(28)27-16-15-19-7-3-5-9-22(19)27/h3-10,18,20H,2,11-17H2,1H3,(H,26,29). The van der Waals surface area contributed by atoms with Crippen LogP contribution in [0.2, 0.25) is 0 Å². The van der Waals surface area contributed by atoms with Gasteiger partial charge < -0.3 is 10.2 Å². The molecule has 1 fully saturated rings. The van der Waals surface area contributed by atoms with Gasteiger partial charge in [0.25, 0.3) is 5.91 Å². The van der Waals surface area contributed by atoms with Crippen LogP contribution in [0.25, 0.3) is 0 Å². The number of para-hydroxylation sites is 1. The van der Waals surface area contributed by atoms with Crippen LogP contribution in [-0.4, -0.2) is 30.2 Å². The molecule has 1 N–H and O–H groups in total. The van der Waals surface area contributed by atoms with E-state index in [0.717, 1.165) is 42.3 Å². The van der Waals surface area contributed by atoms with E-state index in [-0.39, 0.29) is 17.9 Å². The Bertz CT molecular complexity index is 906. The lowest BCUT2D eigenvalue weighted by Gasteiger charge is -2.28. The molecule has 4 nitrogen and oxygen atoms in total. The van der Waals surface area contributed by atoms with Crippen molar-refractivity contribution >= 4 is 29.3 Å². The second-order valence-corrected chi connectivity index (χ2v) is 9.33. The number of anilines is 1. The average molecular weight is 423 g/mol. The number of fused-ring (bicyclic) bond motifs is 1. The highest BCUT2D eigenvalue weighted by molar-refractivity contribution is 8.00. The van der Waals surface area contributed by atoms with Gasteiger partial charge in [0.2, 0.25) is 5.91 Å². The largest absolute Gasteiger partial charge is 0.349 e. The summed E-state index contributed by atoms with van der Waals surface area (Å²) in [4.78, 5) is 28.5. The SMILES string of the molecule is CCC1CCC(NC(=O)c2ccccc2SCC(=O)N2CCc3ccccc32)CC1. The Morgan fingerprint density at radius 1 is 1.03 bits per heavy atom. The normalized spacial score (nSPS) is 20.6. The molecule has 0 bridgehead atoms. The molecule has 1 aliphatic carbocycles. The molecule has 1 aliphatic heterocycles. The van der Waals surface area contributed by atoms with Crippen LogP contribution in [0, 0.1) is 5.92 Å². The van der Waals surface area contributed by atoms with Crippen molar-refractivity contribution in [1.82, 2.24) is 5.32 Å². The maximum absolute atomic E-state index is 12.9. The van der Waals surface area contributed by atoms with Crippen LogP contribution in [0.5, 0.6) is 0 Å². The van der Waals surface area contributed by atoms with Gasteiger partial charge in [0.15, 0.2) is 0 Å². The van der Waals surface area contributed by atoms with Gasteiger partial charge in [0, 0.05) is 23.2 Å². The van der Waals surface area contributed by atoms with Gasteiger partial charge in [-0.3, -0.25) is 9.59 Å². The molecule has 1 heterocycles. The smallest absolute Gasteiger partial charge is 0.252 e. The van der Waals surface area contributed by atoms with Crippen LogP contribution in [0.4, 0.5) is 5.69 Å². The van der Waals surface area contributed by atoms with Crippen LogP contribution >= 0.6 is 11.8 Å². The highest BCUT2D eigenvalue weighted by Gasteiger charge is 2.25. The molecule has 1 saturated carbocycles. The molecule has 0 atom stereocenters. The highest BCUT2D eigenvalue weighted by Crippen LogP contribution is 2.30. The van der Waals surface area contributed by atoms with E-state index in [1.165, 1.54) is 36.6 Å². The first-order chi connectivity index (χ1) is 14.7. The molecule has 2 aromatic carbocycles. The third-order valence-electron chi connectivity index (χ3n) is 6.43. The number of amides is 2. The maximum atomic E-state index is 12.9. The number of hydrogen-bond acceptors (Lipinski definition) is 3. The summed E-state index contributed by atoms with van der Waals surface area (Å²) in [6.07, 6.45) is 6.66. The fraction of sp³-hybridized carbons (Fsp3) is 0.440. The number of rotatable bonds is 6. The number of thioether (sulfide) groups is 1. The maximum Gasteiger partial charge on any atom is 0.252 e. The number of nitrogens with zero attached hydrogens (tertiary/aromatic N) is 1. The van der Waals surface area contributed by atoms with E-state index in [2.05, 4.69) is 18.3 Å². The molecule has 4 rings (SSSR count). The molecule has 0 saturated heterocycles. The van der Waals surface area contributed by atoms with Gasteiger partial charge in [-0.25, -0.2) is 0 Å². The summed E-state index contributed by atoms with van der Waals surface area (Å²) in [6, 6.07) is 16.0. The van der Waals surface area contributed by atoms with Crippen molar-refractivity contribution in [2.45, 2.75) is 56.4 Å². The monoisotopic (exact) mass is 422 g/mol. The zero-order valence-corrected chi connectivity index (χ0v) is 18.4. The van der Waals surface area contributed by atoms with E-state index in [0.29, 0.717) is 11.3 Å². The molecule has 158 valence electrons. The van der Waals surface area contributed by atoms with E-state index >= 15 is 0 Å². The zero-order chi connectivity index (χ0) is 20.9. The Hall–Kier alpha value is -2.27. The lowest BCUT2D eigenvalue weighted by Crippen LogP contribution is -2.37. The Morgan fingerprint density at radius 2 is 1.77 bits per heavy atom. The minimum Gasteiger partial charge on any atom is -0.349 e. The van der Waals surface area contributed by atoms with Crippen LogP contribution in [-0.2, 0) is 11.2 Å². The van der Waals surface area contributed by atoms with Crippen LogP contribution in [0.15, 0.2) is 53.4 Å². The first-order valence-electron chi connectivity index (χ1n) is 11.1. The number of carbonyl (C=O) groups is 2. The second kappa shape index (κ2) is 9.69. The molecular weight excluding hydrogens is 392 g/mol. The predicted octanol–water partition coefficient (Wildman–Crippen LogP) is 5.07. The van der Waals surface area contributed by atoms with Crippen molar-refractivity contribution in [2.75, 3.05) is 17.2 Å². The molecule has 0 unspecified atom stereocenters. The van der Waals surface area contributed by atoms with Gasteiger partial charge >= 0.3 is 0 Å². The molecule has 0 spiro atoms. The fourth-order valence-corrected chi connectivity index (χ4v) is 5.50. The van der Waals surface area contributed by atoms with Crippen molar-refractivity contribution in [3.8, 4) is 0 Å². The molecule has 0 aromatic heterocycles. The van der Waals surface area contributed by atoms with Crippen molar-refractivity contribution < 1.29 is 9.59 Å². The first kappa shape index (κ1) is 21.0. The van der Waals surface area contributed by atoms with Gasteiger partial charge in [-0.2, -0.15) is 0 Å². The number of carbonyl (C=O) groups excluding carboxylic acids is 2. The van der Waals surface area contributed by atoms with E-state index in [4.69, 9.17) is 0 Å². The Morgan fingerprint density at radius 3 is 2.57 bits per heavy atom. The molecular formula is C25H30N2O2S. The van der Waals surface area contributed by atoms with E-state index in [9.17, 15) is 9.59 Å². The minimum absolute atomic E-state index is 0.0167. The van der Waals surface area contributed by atoms with Gasteiger partial charge in [-0.15, -0.1) is 11.8 Å². The van der Waals surface area contributed by atoms with Gasteiger partial charge in [-0.1, -0.05) is 43.7 Å². The van der Waals surface area contributed by atoms with Crippen LogP contribution in [0.3, 0.4) is 0 Å². The zero-order valence-electron chi connectivity index (χ0n) is 17.6. The van der Waals surface area contributed by atoms with Crippen molar-refractivity contribution in [3.63, 3.8) is 0 Å². The quantitative estimate of drug-likeness (QED) is 0.662. The van der Waals surface area contributed by atoms with E-state index < -0.39 is 0 Å². The molecule has 2 aliphatic rings. The summed E-state index contributed by atoms with van der Waals surface area (Å²) in [7, 11) is 0. The summed E-state index contributed by atoms with van der Waals surface area (Å²) in [5.41, 5.74) is 2.93. The average Bonchev–Trinajstić information content (AvgIpc) is 3.22. The lowest BCUT2D eigenvalue weighted by molar-refractivity contribution is -0.116. The minimum atomic E-state index is -0.0167. The Labute approximate surface area is 183 Å². The summed E-state index contributed by atoms with van der Waals surface area (Å²) in [5, 5.41) is 3.23. The number of benzene rings is 2. The van der Waals surface area contributed by atoms with Crippen molar-refractivity contribution in [1.29, 1.82) is 0 Å². The summed E-state index contributed by atoms with van der Waals surface area (Å²) in [6.45, 7) is 2.99. The summed E-state index contributed by atoms with van der Waals surface area (Å²) >= 11 is 1.46. The third kappa shape index (κ3) is 4.72. The van der Waals surface area contributed by atoms with Gasteiger partial charge in [0.1, 0.15) is 0 Å². The molecule has 2 aromatic rings. The fourth-order valence-electron chi connectivity index (χ4n) is 4.57. The molecule has 2 amide bonds. The highest BCUT2D eigenvalue weighted by atomic mass is 32.2. The number of hydrogen-bond donors (Lipinski definition) is 1. The molecule has 5 heteroatoms. The van der Waals surface area contributed by atoms with Gasteiger partial charge in [0.05, 0.1) is 11.3 Å².